The molecule has 2 saturated heterocycles. The number of carbonyl (C=O) groups is 1. The quantitative estimate of drug-likeness (QED) is 0.848. The van der Waals surface area contributed by atoms with Crippen LogP contribution < -0.4 is 5.32 Å². The minimum absolute atomic E-state index is 0.0442. The van der Waals surface area contributed by atoms with Crippen LogP contribution in [0.2, 0.25) is 5.02 Å². The van der Waals surface area contributed by atoms with Crippen LogP contribution in [0.3, 0.4) is 0 Å². The molecule has 1 atom stereocenters. The molecule has 1 unspecified atom stereocenters. The first-order valence-corrected chi connectivity index (χ1v) is 10.7. The number of benzene rings is 1. The fraction of sp³-hybridized carbons (Fsp3) is 0.667. The average Bonchev–Trinajstić information content (AvgIpc) is 3.36. The van der Waals surface area contributed by atoms with Gasteiger partial charge in [-0.2, -0.15) is 0 Å². The zero-order valence-corrected chi connectivity index (χ0v) is 16.7. The van der Waals surface area contributed by atoms with Crippen molar-refractivity contribution in [3.05, 3.63) is 34.9 Å². The number of likely N-dealkylation sites (tertiary alicyclic amines) is 1. The monoisotopic (exact) mass is 391 g/mol. The molecular formula is C21H30ClN3O2. The topological polar surface area (TPSA) is 44.8 Å². The van der Waals surface area contributed by atoms with Crippen LogP contribution in [0, 0.1) is 0 Å². The Labute approximate surface area is 167 Å². The summed E-state index contributed by atoms with van der Waals surface area (Å²) in [5.74, 6) is 0. The third-order valence-corrected chi connectivity index (χ3v) is 6.59. The van der Waals surface area contributed by atoms with Crippen molar-refractivity contribution in [2.45, 2.75) is 50.2 Å². The molecule has 1 aromatic rings. The lowest BCUT2D eigenvalue weighted by Gasteiger charge is -2.40. The molecule has 2 amide bonds. The molecule has 2 aliphatic heterocycles. The number of ether oxygens (including phenoxy) is 1. The van der Waals surface area contributed by atoms with Gasteiger partial charge in [-0.15, -0.1) is 0 Å². The Kier molecular flexibility index (Phi) is 5.90. The van der Waals surface area contributed by atoms with E-state index in [4.69, 9.17) is 16.3 Å². The number of rotatable bonds is 4. The Morgan fingerprint density at radius 3 is 2.52 bits per heavy atom. The lowest BCUT2D eigenvalue weighted by Crippen LogP contribution is -2.55. The number of hydrogen-bond donors (Lipinski definition) is 1. The van der Waals surface area contributed by atoms with Gasteiger partial charge in [0.1, 0.15) is 0 Å². The summed E-state index contributed by atoms with van der Waals surface area (Å²) >= 11 is 6.06. The Balaban J connectivity index is 1.39. The molecule has 148 valence electrons. The normalized spacial score (nSPS) is 23.7. The van der Waals surface area contributed by atoms with Crippen LogP contribution in [-0.4, -0.2) is 60.8 Å². The lowest BCUT2D eigenvalue weighted by molar-refractivity contribution is -0.0926. The molecule has 1 aliphatic carbocycles. The molecule has 1 aromatic carbocycles. The van der Waals surface area contributed by atoms with Gasteiger partial charge in [-0.05, 0) is 56.5 Å². The number of halogens is 1. The summed E-state index contributed by atoms with van der Waals surface area (Å²) in [7, 11) is 0. The zero-order chi connectivity index (χ0) is 18.7. The fourth-order valence-electron chi connectivity index (χ4n) is 4.83. The van der Waals surface area contributed by atoms with Crippen molar-refractivity contribution in [3.8, 4) is 0 Å². The maximum atomic E-state index is 12.9. The van der Waals surface area contributed by atoms with Crippen LogP contribution in [0.15, 0.2) is 24.3 Å². The molecular weight excluding hydrogens is 362 g/mol. The molecule has 1 spiro atoms. The van der Waals surface area contributed by atoms with Gasteiger partial charge in [0, 0.05) is 18.1 Å². The van der Waals surface area contributed by atoms with Gasteiger partial charge in [0.2, 0.25) is 0 Å². The number of carbonyl (C=O) groups excluding carboxylic acids is 1. The highest BCUT2D eigenvalue weighted by Crippen LogP contribution is 2.35. The highest BCUT2D eigenvalue weighted by molar-refractivity contribution is 6.30. The van der Waals surface area contributed by atoms with Crippen LogP contribution in [-0.2, 0) is 4.74 Å². The first kappa shape index (κ1) is 19.0. The largest absolute Gasteiger partial charge is 0.371 e. The van der Waals surface area contributed by atoms with Crippen molar-refractivity contribution in [2.24, 2.45) is 0 Å². The second kappa shape index (κ2) is 8.38. The summed E-state index contributed by atoms with van der Waals surface area (Å²) in [6.45, 7) is 4.87. The van der Waals surface area contributed by atoms with E-state index in [0.29, 0.717) is 19.7 Å². The third kappa shape index (κ3) is 4.41. The highest BCUT2D eigenvalue weighted by atomic mass is 35.5. The second-order valence-corrected chi connectivity index (χ2v) is 8.59. The first-order chi connectivity index (χ1) is 13.2. The van der Waals surface area contributed by atoms with Crippen molar-refractivity contribution in [3.63, 3.8) is 0 Å². The number of hydrogen-bond acceptors (Lipinski definition) is 3. The van der Waals surface area contributed by atoms with Gasteiger partial charge >= 0.3 is 6.03 Å². The lowest BCUT2D eigenvalue weighted by atomic mass is 10.00. The molecule has 27 heavy (non-hydrogen) atoms. The average molecular weight is 392 g/mol. The van der Waals surface area contributed by atoms with Gasteiger partial charge < -0.3 is 15.0 Å². The number of morpholine rings is 1. The van der Waals surface area contributed by atoms with Crippen LogP contribution in [0.4, 0.5) is 4.79 Å². The molecule has 4 rings (SSSR count). The maximum Gasteiger partial charge on any atom is 0.317 e. The third-order valence-electron chi connectivity index (χ3n) is 6.33. The molecule has 2 heterocycles. The van der Waals surface area contributed by atoms with Gasteiger partial charge in [0.05, 0.1) is 24.8 Å². The van der Waals surface area contributed by atoms with E-state index >= 15 is 0 Å². The highest BCUT2D eigenvalue weighted by Gasteiger charge is 2.40. The van der Waals surface area contributed by atoms with E-state index in [2.05, 4.69) is 22.3 Å². The zero-order valence-electron chi connectivity index (χ0n) is 16.0. The minimum Gasteiger partial charge on any atom is -0.371 e. The Morgan fingerprint density at radius 1 is 1.11 bits per heavy atom. The van der Waals surface area contributed by atoms with Gasteiger partial charge in [-0.3, -0.25) is 4.90 Å². The summed E-state index contributed by atoms with van der Waals surface area (Å²) in [6.07, 6.45) is 7.04. The van der Waals surface area contributed by atoms with Gasteiger partial charge in [0.25, 0.3) is 0 Å². The summed E-state index contributed by atoms with van der Waals surface area (Å²) in [4.78, 5) is 17.3. The van der Waals surface area contributed by atoms with E-state index in [1.807, 2.05) is 17.0 Å². The summed E-state index contributed by atoms with van der Waals surface area (Å²) in [5, 5.41) is 3.95. The maximum absolute atomic E-state index is 12.9. The minimum atomic E-state index is -0.0832. The van der Waals surface area contributed by atoms with Gasteiger partial charge in [0.15, 0.2) is 0 Å². The molecule has 6 heteroatoms. The second-order valence-electron chi connectivity index (χ2n) is 8.16. The number of amides is 2. The molecule has 1 saturated carbocycles. The smallest absolute Gasteiger partial charge is 0.317 e. The van der Waals surface area contributed by atoms with Gasteiger partial charge in [-0.1, -0.05) is 36.6 Å². The SMILES string of the molecule is O=C(NCC(c1ccc(Cl)cc1)N1CCCC1)N1CCOC2(CCCC2)C1. The Morgan fingerprint density at radius 2 is 1.81 bits per heavy atom. The van der Waals surface area contributed by atoms with E-state index in [-0.39, 0.29) is 17.7 Å². The van der Waals surface area contributed by atoms with Gasteiger partial charge in [-0.25, -0.2) is 4.79 Å². The van der Waals surface area contributed by atoms with E-state index in [0.717, 1.165) is 37.5 Å². The Hall–Kier alpha value is -1.30. The van der Waals surface area contributed by atoms with E-state index in [1.54, 1.807) is 0 Å². The van der Waals surface area contributed by atoms with Crippen molar-refractivity contribution in [1.82, 2.24) is 15.1 Å². The number of nitrogens with zero attached hydrogens (tertiary/aromatic N) is 2. The van der Waals surface area contributed by atoms with Crippen molar-refractivity contribution in [1.29, 1.82) is 0 Å². The molecule has 1 N–H and O–H groups in total. The first-order valence-electron chi connectivity index (χ1n) is 10.3. The molecule has 0 aromatic heterocycles. The van der Waals surface area contributed by atoms with Crippen LogP contribution in [0.25, 0.3) is 0 Å². The predicted molar refractivity (Wildman–Crippen MR) is 107 cm³/mol. The number of nitrogens with one attached hydrogen (secondary N) is 1. The number of urea groups is 1. The molecule has 3 fully saturated rings. The standard InChI is InChI=1S/C21H30ClN3O2/c22-18-7-5-17(6-8-18)19(24-11-3-4-12-24)15-23-20(26)25-13-14-27-21(16-25)9-1-2-10-21/h5-8,19H,1-4,9-16H2,(H,23,26). The van der Waals surface area contributed by atoms with Crippen LogP contribution in [0.1, 0.15) is 50.1 Å². The van der Waals surface area contributed by atoms with Crippen LogP contribution in [0.5, 0.6) is 0 Å². The van der Waals surface area contributed by atoms with E-state index in [1.165, 1.54) is 31.2 Å². The molecule has 0 bridgehead atoms. The molecule has 0 radical (unpaired) electrons. The summed E-state index contributed by atoms with van der Waals surface area (Å²) in [5.41, 5.74) is 1.14. The Bertz CT molecular complexity index is 639. The van der Waals surface area contributed by atoms with Crippen molar-refractivity contribution in [2.75, 3.05) is 39.3 Å². The molecule has 5 nitrogen and oxygen atoms in total. The fourth-order valence-corrected chi connectivity index (χ4v) is 4.96. The van der Waals surface area contributed by atoms with E-state index < -0.39 is 0 Å². The molecule has 3 aliphatic rings. The van der Waals surface area contributed by atoms with Crippen molar-refractivity contribution < 1.29 is 9.53 Å². The summed E-state index contributed by atoms with van der Waals surface area (Å²) < 4.78 is 6.05. The van der Waals surface area contributed by atoms with Crippen molar-refractivity contribution >= 4 is 17.6 Å². The summed E-state index contributed by atoms with van der Waals surface area (Å²) in [6, 6.07) is 8.29. The predicted octanol–water partition coefficient (Wildman–Crippen LogP) is 3.83. The van der Waals surface area contributed by atoms with Crippen LogP contribution >= 0.6 is 11.6 Å². The van der Waals surface area contributed by atoms with E-state index in [9.17, 15) is 4.79 Å².